The fourth-order valence-electron chi connectivity index (χ4n) is 1.09. The van der Waals surface area contributed by atoms with E-state index in [1.54, 1.807) is 10.9 Å². The Balaban J connectivity index is 2.18. The molecule has 0 saturated carbocycles. The minimum Gasteiger partial charge on any atom is -0.354 e. The fourth-order valence-corrected chi connectivity index (χ4v) is 1.41. The van der Waals surface area contributed by atoms with Crippen molar-refractivity contribution in [1.82, 2.24) is 15.1 Å². The number of carbonyl (C=O) groups is 1. The van der Waals surface area contributed by atoms with Crippen LogP contribution in [-0.4, -0.2) is 22.2 Å². The highest BCUT2D eigenvalue weighted by molar-refractivity contribution is 9.10. The summed E-state index contributed by atoms with van der Waals surface area (Å²) in [6.07, 6.45) is 5.10. The van der Waals surface area contributed by atoms with Gasteiger partial charge in [-0.2, -0.15) is 5.10 Å². The molecule has 0 aliphatic rings. The Labute approximate surface area is 91.8 Å². The third-order valence-corrected chi connectivity index (χ3v) is 2.15. The van der Waals surface area contributed by atoms with Gasteiger partial charge in [-0.15, -0.1) is 0 Å². The zero-order valence-corrected chi connectivity index (χ0v) is 9.75. The van der Waals surface area contributed by atoms with Crippen LogP contribution in [0.5, 0.6) is 0 Å². The number of halogens is 1. The molecule has 1 N–H and O–H groups in total. The number of hydrogen-bond donors (Lipinski definition) is 1. The average Bonchev–Trinajstić information content (AvgIpc) is 2.52. The number of aromatic nitrogens is 2. The van der Waals surface area contributed by atoms with Gasteiger partial charge in [-0.25, -0.2) is 0 Å². The SMILES string of the molecule is CCCC(=O)NCCn1cc(Br)cn1. The van der Waals surface area contributed by atoms with Gasteiger partial charge in [-0.1, -0.05) is 6.92 Å². The van der Waals surface area contributed by atoms with Gasteiger partial charge >= 0.3 is 0 Å². The normalized spacial score (nSPS) is 10.1. The van der Waals surface area contributed by atoms with Gasteiger partial charge in [0.2, 0.25) is 5.91 Å². The van der Waals surface area contributed by atoms with E-state index in [9.17, 15) is 4.79 Å². The second-order valence-corrected chi connectivity index (χ2v) is 3.94. The Morgan fingerprint density at radius 1 is 1.71 bits per heavy atom. The molecule has 1 heterocycles. The van der Waals surface area contributed by atoms with Crippen LogP contribution in [0.3, 0.4) is 0 Å². The lowest BCUT2D eigenvalue weighted by molar-refractivity contribution is -0.121. The largest absolute Gasteiger partial charge is 0.354 e. The summed E-state index contributed by atoms with van der Waals surface area (Å²) < 4.78 is 2.74. The highest BCUT2D eigenvalue weighted by Crippen LogP contribution is 2.05. The van der Waals surface area contributed by atoms with Crippen LogP contribution in [0.25, 0.3) is 0 Å². The molecule has 0 bridgehead atoms. The molecule has 1 rings (SSSR count). The summed E-state index contributed by atoms with van der Waals surface area (Å²) in [6, 6.07) is 0. The van der Waals surface area contributed by atoms with E-state index in [4.69, 9.17) is 0 Å². The maximum absolute atomic E-state index is 11.1. The fraction of sp³-hybridized carbons (Fsp3) is 0.556. The van der Waals surface area contributed by atoms with Crippen LogP contribution in [0.15, 0.2) is 16.9 Å². The molecule has 1 aromatic rings. The first-order valence-electron chi connectivity index (χ1n) is 4.67. The topological polar surface area (TPSA) is 46.9 Å². The Kier molecular flexibility index (Phi) is 4.65. The molecule has 0 saturated heterocycles. The van der Waals surface area contributed by atoms with Crippen molar-refractivity contribution in [3.8, 4) is 0 Å². The van der Waals surface area contributed by atoms with E-state index in [1.165, 1.54) is 0 Å². The van der Waals surface area contributed by atoms with Crippen LogP contribution < -0.4 is 5.32 Å². The first kappa shape index (κ1) is 11.2. The van der Waals surface area contributed by atoms with Crippen LogP contribution >= 0.6 is 15.9 Å². The van der Waals surface area contributed by atoms with Crippen molar-refractivity contribution in [3.63, 3.8) is 0 Å². The highest BCUT2D eigenvalue weighted by Gasteiger charge is 1.98. The molecule has 1 aromatic heterocycles. The van der Waals surface area contributed by atoms with Crippen molar-refractivity contribution in [2.75, 3.05) is 6.54 Å². The molecule has 0 unspecified atom stereocenters. The smallest absolute Gasteiger partial charge is 0.220 e. The molecule has 78 valence electrons. The van der Waals surface area contributed by atoms with Crippen molar-refractivity contribution in [3.05, 3.63) is 16.9 Å². The number of rotatable bonds is 5. The van der Waals surface area contributed by atoms with Gasteiger partial charge in [0.15, 0.2) is 0 Å². The van der Waals surface area contributed by atoms with Crippen molar-refractivity contribution < 1.29 is 4.79 Å². The summed E-state index contributed by atoms with van der Waals surface area (Å²) in [5.74, 6) is 0.110. The van der Waals surface area contributed by atoms with Gasteiger partial charge < -0.3 is 5.32 Å². The van der Waals surface area contributed by atoms with Crippen molar-refractivity contribution >= 4 is 21.8 Å². The summed E-state index contributed by atoms with van der Waals surface area (Å²) in [7, 11) is 0. The Hall–Kier alpha value is -0.840. The number of nitrogens with zero attached hydrogens (tertiary/aromatic N) is 2. The van der Waals surface area contributed by atoms with Crippen LogP contribution in [0.2, 0.25) is 0 Å². The van der Waals surface area contributed by atoms with Gasteiger partial charge in [0.1, 0.15) is 0 Å². The Bertz CT molecular complexity index is 298. The van der Waals surface area contributed by atoms with Gasteiger partial charge in [-0.05, 0) is 22.4 Å². The number of amides is 1. The minimum atomic E-state index is 0.110. The molecule has 0 fully saturated rings. The lowest BCUT2D eigenvalue weighted by atomic mass is 10.3. The average molecular weight is 260 g/mol. The van der Waals surface area contributed by atoms with E-state index >= 15 is 0 Å². The van der Waals surface area contributed by atoms with E-state index in [0.29, 0.717) is 19.5 Å². The summed E-state index contributed by atoms with van der Waals surface area (Å²) >= 11 is 3.31. The third-order valence-electron chi connectivity index (χ3n) is 1.74. The molecule has 0 aliphatic carbocycles. The van der Waals surface area contributed by atoms with Gasteiger partial charge in [0, 0.05) is 19.2 Å². The van der Waals surface area contributed by atoms with Crippen molar-refractivity contribution in [2.24, 2.45) is 0 Å². The van der Waals surface area contributed by atoms with E-state index in [0.717, 1.165) is 10.9 Å². The Morgan fingerprint density at radius 2 is 2.50 bits per heavy atom. The summed E-state index contributed by atoms with van der Waals surface area (Å²) in [6.45, 7) is 3.33. The standard InChI is InChI=1S/C9H14BrN3O/c1-2-3-9(14)11-4-5-13-7-8(10)6-12-13/h6-7H,2-5H2,1H3,(H,11,14). The highest BCUT2D eigenvalue weighted by atomic mass is 79.9. The van der Waals surface area contributed by atoms with Gasteiger partial charge in [-0.3, -0.25) is 9.48 Å². The maximum Gasteiger partial charge on any atom is 0.220 e. The first-order valence-corrected chi connectivity index (χ1v) is 5.46. The van der Waals surface area contributed by atoms with Gasteiger partial charge in [0.05, 0.1) is 17.2 Å². The predicted octanol–water partition coefficient (Wildman–Crippen LogP) is 1.56. The molecule has 14 heavy (non-hydrogen) atoms. The van der Waals surface area contributed by atoms with Crippen LogP contribution in [0, 0.1) is 0 Å². The zero-order chi connectivity index (χ0) is 10.4. The maximum atomic E-state index is 11.1. The first-order chi connectivity index (χ1) is 6.72. The second kappa shape index (κ2) is 5.80. The quantitative estimate of drug-likeness (QED) is 0.873. The van der Waals surface area contributed by atoms with Crippen molar-refractivity contribution in [1.29, 1.82) is 0 Å². The van der Waals surface area contributed by atoms with Crippen LogP contribution in [0.1, 0.15) is 19.8 Å². The van der Waals surface area contributed by atoms with Gasteiger partial charge in [0.25, 0.3) is 0 Å². The lowest BCUT2D eigenvalue weighted by Crippen LogP contribution is -2.26. The molecule has 0 radical (unpaired) electrons. The summed E-state index contributed by atoms with van der Waals surface area (Å²) in [5, 5.41) is 6.90. The number of hydrogen-bond acceptors (Lipinski definition) is 2. The monoisotopic (exact) mass is 259 g/mol. The molecule has 0 aliphatic heterocycles. The molecule has 1 amide bonds. The molecule has 4 nitrogen and oxygen atoms in total. The molecular formula is C9H14BrN3O. The van der Waals surface area contributed by atoms with Crippen LogP contribution in [0.4, 0.5) is 0 Å². The minimum absolute atomic E-state index is 0.110. The van der Waals surface area contributed by atoms with E-state index in [2.05, 4.69) is 26.3 Å². The van der Waals surface area contributed by atoms with E-state index in [-0.39, 0.29) is 5.91 Å². The lowest BCUT2D eigenvalue weighted by Gasteiger charge is -2.03. The molecular weight excluding hydrogens is 246 g/mol. The number of carbonyl (C=O) groups excluding carboxylic acids is 1. The van der Waals surface area contributed by atoms with Crippen LogP contribution in [-0.2, 0) is 11.3 Å². The molecule has 0 spiro atoms. The summed E-state index contributed by atoms with van der Waals surface area (Å²) in [4.78, 5) is 11.1. The summed E-state index contributed by atoms with van der Waals surface area (Å²) in [5.41, 5.74) is 0. The second-order valence-electron chi connectivity index (χ2n) is 3.02. The molecule has 5 heteroatoms. The zero-order valence-electron chi connectivity index (χ0n) is 8.16. The Morgan fingerprint density at radius 3 is 3.07 bits per heavy atom. The predicted molar refractivity (Wildman–Crippen MR) is 57.8 cm³/mol. The molecule has 0 aromatic carbocycles. The van der Waals surface area contributed by atoms with E-state index < -0.39 is 0 Å². The molecule has 0 atom stereocenters. The third kappa shape index (κ3) is 3.91. The van der Waals surface area contributed by atoms with E-state index in [1.807, 2.05) is 13.1 Å². The van der Waals surface area contributed by atoms with Crippen molar-refractivity contribution in [2.45, 2.75) is 26.3 Å². The number of nitrogens with one attached hydrogen (secondary N) is 1.